The molecule has 2 aromatic heterocycles. The van der Waals surface area contributed by atoms with E-state index in [2.05, 4.69) is 10.3 Å². The lowest BCUT2D eigenvalue weighted by molar-refractivity contribution is 0.0779. The Kier molecular flexibility index (Phi) is 5.05. The monoisotopic (exact) mass is 397 g/mol. The molecule has 138 valence electrons. The third-order valence-corrected chi connectivity index (χ3v) is 6.23. The Bertz CT molecular complexity index is 944. The first-order valence-corrected chi connectivity index (χ1v) is 10.5. The molecule has 2 amide bonds. The van der Waals surface area contributed by atoms with E-state index in [1.165, 1.54) is 11.3 Å². The van der Waals surface area contributed by atoms with Gasteiger partial charge >= 0.3 is 0 Å². The Hall–Kier alpha value is -2.51. The van der Waals surface area contributed by atoms with Crippen LogP contribution in [-0.2, 0) is 6.54 Å². The Balaban J connectivity index is 1.38. The van der Waals surface area contributed by atoms with E-state index in [9.17, 15) is 9.59 Å². The number of thiazole rings is 1. The molecule has 0 saturated heterocycles. The Morgan fingerprint density at radius 2 is 1.96 bits per heavy atom. The van der Waals surface area contributed by atoms with Gasteiger partial charge in [0.25, 0.3) is 11.8 Å². The predicted molar refractivity (Wildman–Crippen MR) is 108 cm³/mol. The van der Waals surface area contributed by atoms with E-state index >= 15 is 0 Å². The molecule has 0 bridgehead atoms. The molecule has 1 N–H and O–H groups in total. The Morgan fingerprint density at radius 1 is 1.19 bits per heavy atom. The molecule has 0 radical (unpaired) electrons. The number of nitrogens with one attached hydrogen (secondary N) is 1. The molecular weight excluding hydrogens is 378 g/mol. The number of hydrogen-bond acceptors (Lipinski definition) is 5. The molecule has 1 fully saturated rings. The van der Waals surface area contributed by atoms with Crippen LogP contribution < -0.4 is 5.32 Å². The second kappa shape index (κ2) is 7.62. The quantitative estimate of drug-likeness (QED) is 0.683. The highest BCUT2D eigenvalue weighted by Crippen LogP contribution is 2.28. The first kappa shape index (κ1) is 17.9. The lowest BCUT2D eigenvalue weighted by Gasteiger charge is -2.16. The van der Waals surface area contributed by atoms with Crippen LogP contribution in [0.4, 0.5) is 0 Å². The van der Waals surface area contributed by atoms with Gasteiger partial charge in [-0.25, -0.2) is 4.98 Å². The van der Waals surface area contributed by atoms with Crippen molar-refractivity contribution in [1.29, 1.82) is 0 Å². The van der Waals surface area contributed by atoms with E-state index in [4.69, 9.17) is 0 Å². The second-order valence-corrected chi connectivity index (χ2v) is 8.43. The molecule has 2 heterocycles. The number of hydrogen-bond donors (Lipinski definition) is 1. The predicted octanol–water partition coefficient (Wildman–Crippen LogP) is 4.04. The van der Waals surface area contributed by atoms with Crippen molar-refractivity contribution < 1.29 is 9.59 Å². The number of benzene rings is 1. The topological polar surface area (TPSA) is 62.3 Å². The van der Waals surface area contributed by atoms with Crippen molar-refractivity contribution in [3.05, 3.63) is 64.0 Å². The highest BCUT2D eigenvalue weighted by Gasteiger charge is 2.23. The van der Waals surface area contributed by atoms with E-state index in [1.54, 1.807) is 28.7 Å². The summed E-state index contributed by atoms with van der Waals surface area (Å²) in [7, 11) is 1.76. The van der Waals surface area contributed by atoms with Gasteiger partial charge in [-0.05, 0) is 42.0 Å². The molecule has 5 nitrogen and oxygen atoms in total. The summed E-state index contributed by atoms with van der Waals surface area (Å²) in [6.45, 7) is 0.467. The molecule has 0 spiro atoms. The van der Waals surface area contributed by atoms with Crippen molar-refractivity contribution in [1.82, 2.24) is 15.2 Å². The van der Waals surface area contributed by atoms with Gasteiger partial charge in [0.05, 0.1) is 4.88 Å². The normalized spacial score (nSPS) is 13.4. The fraction of sp³-hybridized carbons (Fsp3) is 0.250. The van der Waals surface area contributed by atoms with Gasteiger partial charge in [0.15, 0.2) is 0 Å². The molecule has 3 aromatic rings. The van der Waals surface area contributed by atoms with Crippen molar-refractivity contribution in [2.45, 2.75) is 25.4 Å². The SMILES string of the molecule is CN(Cc1ccc(C(=O)NC2CC2)cc1)C(=O)c1csc(-c2cccs2)n1. The molecular formula is C20H19N3O2S2. The minimum absolute atomic E-state index is 0.0305. The maximum atomic E-state index is 12.6. The molecule has 0 aliphatic heterocycles. The molecule has 0 unspecified atom stereocenters. The fourth-order valence-corrected chi connectivity index (χ4v) is 4.29. The number of nitrogens with zero attached hydrogens (tertiary/aromatic N) is 2. The van der Waals surface area contributed by atoms with E-state index < -0.39 is 0 Å². The summed E-state index contributed by atoms with van der Waals surface area (Å²) in [4.78, 5) is 31.9. The van der Waals surface area contributed by atoms with Crippen molar-refractivity contribution in [3.8, 4) is 9.88 Å². The molecule has 1 aromatic carbocycles. The Labute approximate surface area is 165 Å². The molecule has 0 atom stereocenters. The van der Waals surface area contributed by atoms with Gasteiger partial charge in [-0.15, -0.1) is 22.7 Å². The van der Waals surface area contributed by atoms with Gasteiger partial charge in [0, 0.05) is 30.6 Å². The number of thiophene rings is 1. The molecule has 7 heteroatoms. The summed E-state index contributed by atoms with van der Waals surface area (Å²) >= 11 is 3.10. The lowest BCUT2D eigenvalue weighted by Crippen LogP contribution is -2.27. The van der Waals surface area contributed by atoms with Crippen molar-refractivity contribution >= 4 is 34.5 Å². The van der Waals surface area contributed by atoms with Crippen LogP contribution in [0, 0.1) is 0 Å². The van der Waals surface area contributed by atoms with Gasteiger partial charge < -0.3 is 10.2 Å². The van der Waals surface area contributed by atoms with Gasteiger partial charge in [-0.1, -0.05) is 18.2 Å². The highest BCUT2D eigenvalue weighted by molar-refractivity contribution is 7.20. The summed E-state index contributed by atoms with van der Waals surface area (Å²) in [5.41, 5.74) is 2.09. The van der Waals surface area contributed by atoms with Crippen LogP contribution in [0.15, 0.2) is 47.2 Å². The number of carbonyl (C=O) groups excluding carboxylic acids is 2. The van der Waals surface area contributed by atoms with Crippen LogP contribution in [0.3, 0.4) is 0 Å². The van der Waals surface area contributed by atoms with Crippen LogP contribution in [0.2, 0.25) is 0 Å². The van der Waals surface area contributed by atoms with E-state index in [-0.39, 0.29) is 11.8 Å². The van der Waals surface area contributed by atoms with Crippen LogP contribution in [0.5, 0.6) is 0 Å². The number of rotatable bonds is 6. The largest absolute Gasteiger partial charge is 0.349 e. The van der Waals surface area contributed by atoms with Crippen LogP contribution >= 0.6 is 22.7 Å². The van der Waals surface area contributed by atoms with Gasteiger partial charge in [-0.2, -0.15) is 0 Å². The molecule has 27 heavy (non-hydrogen) atoms. The molecule has 4 rings (SSSR count). The van der Waals surface area contributed by atoms with E-state index in [0.717, 1.165) is 28.3 Å². The first-order chi connectivity index (χ1) is 13.1. The summed E-state index contributed by atoms with van der Waals surface area (Å²) in [5, 5.41) is 7.65. The second-order valence-electron chi connectivity index (χ2n) is 6.62. The van der Waals surface area contributed by atoms with Crippen molar-refractivity contribution in [2.24, 2.45) is 0 Å². The third-order valence-electron chi connectivity index (χ3n) is 4.35. The summed E-state index contributed by atoms with van der Waals surface area (Å²) < 4.78 is 0. The first-order valence-electron chi connectivity index (χ1n) is 8.75. The zero-order valence-electron chi connectivity index (χ0n) is 14.8. The van der Waals surface area contributed by atoms with E-state index in [1.807, 2.05) is 41.8 Å². The highest BCUT2D eigenvalue weighted by atomic mass is 32.1. The minimum Gasteiger partial charge on any atom is -0.349 e. The standard InChI is InChI=1S/C20H19N3O2S2/c1-23(20(25)16-12-27-19(22-16)17-3-2-10-26-17)11-13-4-6-14(7-5-13)18(24)21-15-8-9-15/h2-7,10,12,15H,8-9,11H2,1H3,(H,21,24). The lowest BCUT2D eigenvalue weighted by atomic mass is 10.1. The van der Waals surface area contributed by atoms with Gasteiger partial charge in [0.1, 0.15) is 10.7 Å². The zero-order valence-corrected chi connectivity index (χ0v) is 16.5. The average Bonchev–Trinajstić information content (AvgIpc) is 3.15. The molecule has 1 aliphatic carbocycles. The molecule has 1 saturated carbocycles. The summed E-state index contributed by atoms with van der Waals surface area (Å²) in [5.74, 6) is -0.137. The van der Waals surface area contributed by atoms with Gasteiger partial charge in [-0.3, -0.25) is 9.59 Å². The average molecular weight is 398 g/mol. The van der Waals surface area contributed by atoms with Gasteiger partial charge in [0.2, 0.25) is 0 Å². The fourth-order valence-electron chi connectivity index (χ4n) is 2.68. The van der Waals surface area contributed by atoms with Crippen molar-refractivity contribution in [3.63, 3.8) is 0 Å². The number of carbonyl (C=O) groups is 2. The minimum atomic E-state index is -0.107. The maximum Gasteiger partial charge on any atom is 0.273 e. The maximum absolute atomic E-state index is 12.6. The summed E-state index contributed by atoms with van der Waals surface area (Å²) in [6, 6.07) is 11.7. The van der Waals surface area contributed by atoms with Crippen LogP contribution in [0.1, 0.15) is 39.3 Å². The summed E-state index contributed by atoms with van der Waals surface area (Å²) in [6.07, 6.45) is 2.14. The number of aromatic nitrogens is 1. The van der Waals surface area contributed by atoms with Crippen LogP contribution in [0.25, 0.3) is 9.88 Å². The van der Waals surface area contributed by atoms with Crippen LogP contribution in [-0.4, -0.2) is 34.8 Å². The zero-order chi connectivity index (χ0) is 18.8. The third kappa shape index (κ3) is 4.26. The number of amides is 2. The van der Waals surface area contributed by atoms with E-state index in [0.29, 0.717) is 23.8 Å². The van der Waals surface area contributed by atoms with Crippen molar-refractivity contribution in [2.75, 3.05) is 7.05 Å². The smallest absolute Gasteiger partial charge is 0.273 e. The molecule has 1 aliphatic rings. The Morgan fingerprint density at radius 3 is 2.63 bits per heavy atom.